The molecule has 0 aliphatic heterocycles. The number of carbonyl (C=O) groups excluding carboxylic acids is 1. The van der Waals surface area contributed by atoms with Gasteiger partial charge in [0.2, 0.25) is 0 Å². The highest BCUT2D eigenvalue weighted by molar-refractivity contribution is 7.98. The van der Waals surface area contributed by atoms with Crippen LogP contribution in [0, 0.1) is 6.92 Å². The van der Waals surface area contributed by atoms with E-state index < -0.39 is 0 Å². The number of furan rings is 1. The molecule has 0 radical (unpaired) electrons. The van der Waals surface area contributed by atoms with Crippen molar-refractivity contribution < 1.29 is 9.21 Å². The molecule has 28 heavy (non-hydrogen) atoms. The summed E-state index contributed by atoms with van der Waals surface area (Å²) >= 11 is 1.72. The Bertz CT molecular complexity index is 1120. The summed E-state index contributed by atoms with van der Waals surface area (Å²) in [5.41, 5.74) is 3.39. The van der Waals surface area contributed by atoms with Crippen LogP contribution < -0.4 is 5.32 Å². The van der Waals surface area contributed by atoms with E-state index in [-0.39, 0.29) is 5.91 Å². The molecule has 0 fully saturated rings. The zero-order valence-corrected chi connectivity index (χ0v) is 16.5. The van der Waals surface area contributed by atoms with Crippen LogP contribution in [0.1, 0.15) is 27.2 Å². The average Bonchev–Trinajstić information content (AvgIpc) is 3.08. The van der Waals surface area contributed by atoms with Crippen LogP contribution in [-0.4, -0.2) is 17.1 Å². The summed E-state index contributed by atoms with van der Waals surface area (Å²) in [7, 11) is 0. The maximum atomic E-state index is 12.9. The molecule has 5 heteroatoms. The van der Waals surface area contributed by atoms with Crippen LogP contribution >= 0.6 is 11.8 Å². The highest BCUT2D eigenvalue weighted by atomic mass is 32.2. The molecule has 4 nitrogen and oxygen atoms in total. The van der Waals surface area contributed by atoms with Gasteiger partial charge in [0.1, 0.15) is 17.2 Å². The minimum absolute atomic E-state index is 0.224. The number of aryl methyl sites for hydroxylation is 1. The summed E-state index contributed by atoms with van der Waals surface area (Å²) in [5.74, 6) is 1.07. The van der Waals surface area contributed by atoms with E-state index in [1.807, 2.05) is 31.2 Å². The van der Waals surface area contributed by atoms with Crippen LogP contribution in [-0.2, 0) is 6.42 Å². The van der Waals surface area contributed by atoms with Gasteiger partial charge in [-0.05, 0) is 73.2 Å². The fraction of sp³-hybridized carbons (Fsp3) is 0.130. The Morgan fingerprint density at radius 1 is 1.07 bits per heavy atom. The Hall–Kier alpha value is -3.05. The first-order valence-electron chi connectivity index (χ1n) is 9.01. The molecule has 0 aliphatic carbocycles. The van der Waals surface area contributed by atoms with Crippen LogP contribution in [0.15, 0.2) is 76.2 Å². The van der Waals surface area contributed by atoms with Crippen LogP contribution in [0.25, 0.3) is 11.0 Å². The fourth-order valence-corrected chi connectivity index (χ4v) is 3.62. The summed E-state index contributed by atoms with van der Waals surface area (Å²) < 4.78 is 5.81. The maximum absolute atomic E-state index is 12.9. The summed E-state index contributed by atoms with van der Waals surface area (Å²) in [6.45, 7) is 1.89. The Balaban J connectivity index is 1.69. The lowest BCUT2D eigenvalue weighted by Gasteiger charge is -2.08. The first-order chi connectivity index (χ1) is 13.6. The van der Waals surface area contributed by atoms with E-state index in [0.29, 0.717) is 17.0 Å². The molecule has 4 rings (SSSR count). The number of benzene rings is 2. The highest BCUT2D eigenvalue weighted by Gasteiger charge is 2.16. The third-order valence-corrected chi connectivity index (χ3v) is 5.26. The van der Waals surface area contributed by atoms with Crippen molar-refractivity contribution in [1.82, 2.24) is 4.98 Å². The number of aromatic nitrogens is 1. The maximum Gasteiger partial charge on any atom is 0.260 e. The lowest BCUT2D eigenvalue weighted by atomic mass is 10.00. The molecular weight excluding hydrogens is 368 g/mol. The quantitative estimate of drug-likeness (QED) is 0.446. The van der Waals surface area contributed by atoms with Crippen molar-refractivity contribution in [3.63, 3.8) is 0 Å². The SMILES string of the molecule is CSc1ccc(Cc2cc(C(=O)Nc3ccccn3)c3oc(C)cc3c2)cc1. The van der Waals surface area contributed by atoms with Gasteiger partial charge in [-0.3, -0.25) is 4.79 Å². The van der Waals surface area contributed by atoms with Gasteiger partial charge in [0.25, 0.3) is 5.91 Å². The number of hydrogen-bond acceptors (Lipinski definition) is 4. The summed E-state index contributed by atoms with van der Waals surface area (Å²) in [6, 6.07) is 19.9. The molecule has 1 amide bonds. The normalized spacial score (nSPS) is 10.9. The number of hydrogen-bond donors (Lipinski definition) is 1. The smallest absolute Gasteiger partial charge is 0.260 e. The van der Waals surface area contributed by atoms with E-state index in [0.717, 1.165) is 23.1 Å². The van der Waals surface area contributed by atoms with Crippen LogP contribution in [0.2, 0.25) is 0 Å². The molecule has 4 aromatic rings. The van der Waals surface area contributed by atoms with Gasteiger partial charge in [-0.1, -0.05) is 18.2 Å². The van der Waals surface area contributed by atoms with Crippen molar-refractivity contribution in [2.75, 3.05) is 11.6 Å². The van der Waals surface area contributed by atoms with E-state index in [1.54, 1.807) is 24.0 Å². The van der Waals surface area contributed by atoms with Gasteiger partial charge in [0, 0.05) is 16.5 Å². The minimum atomic E-state index is -0.224. The Morgan fingerprint density at radius 2 is 1.89 bits per heavy atom. The third-order valence-electron chi connectivity index (χ3n) is 4.52. The Morgan fingerprint density at radius 3 is 2.61 bits per heavy atom. The molecule has 0 saturated heterocycles. The van der Waals surface area contributed by atoms with Crippen LogP contribution in [0.4, 0.5) is 5.82 Å². The van der Waals surface area contributed by atoms with Crippen molar-refractivity contribution in [3.05, 3.63) is 89.3 Å². The molecule has 2 heterocycles. The standard InChI is InChI=1S/C23H20N2O2S/c1-15-11-18-13-17(12-16-6-8-19(28-2)9-7-16)14-20(22(18)27-15)23(26)25-21-5-3-4-10-24-21/h3-11,13-14H,12H2,1-2H3,(H,24,25,26). The fourth-order valence-electron chi connectivity index (χ4n) is 3.21. The first kappa shape index (κ1) is 18.3. The number of thioether (sulfide) groups is 1. The van der Waals surface area contributed by atoms with Crippen LogP contribution in [0.5, 0.6) is 0 Å². The molecule has 140 valence electrons. The van der Waals surface area contributed by atoms with E-state index in [4.69, 9.17) is 4.42 Å². The van der Waals surface area contributed by atoms with Gasteiger partial charge in [-0.25, -0.2) is 4.98 Å². The molecule has 0 spiro atoms. The number of amides is 1. The third kappa shape index (κ3) is 3.94. The summed E-state index contributed by atoms with van der Waals surface area (Å²) in [4.78, 5) is 18.3. The number of fused-ring (bicyclic) bond motifs is 1. The zero-order chi connectivity index (χ0) is 19.5. The molecule has 1 N–H and O–H groups in total. The minimum Gasteiger partial charge on any atom is -0.461 e. The number of anilines is 1. The molecule has 0 atom stereocenters. The number of nitrogens with one attached hydrogen (secondary N) is 1. The average molecular weight is 388 g/mol. The van der Waals surface area contributed by atoms with Gasteiger partial charge in [0.05, 0.1) is 5.56 Å². The topological polar surface area (TPSA) is 55.1 Å². The van der Waals surface area contributed by atoms with Crippen molar-refractivity contribution >= 4 is 34.5 Å². The van der Waals surface area contributed by atoms with E-state index in [1.165, 1.54) is 10.5 Å². The predicted molar refractivity (Wildman–Crippen MR) is 114 cm³/mol. The van der Waals surface area contributed by atoms with E-state index in [2.05, 4.69) is 46.9 Å². The van der Waals surface area contributed by atoms with Crippen molar-refractivity contribution in [2.45, 2.75) is 18.2 Å². The lowest BCUT2D eigenvalue weighted by Crippen LogP contribution is -2.13. The van der Waals surface area contributed by atoms with Gasteiger partial charge in [0.15, 0.2) is 0 Å². The molecule has 0 saturated carbocycles. The monoisotopic (exact) mass is 388 g/mol. The first-order valence-corrected chi connectivity index (χ1v) is 10.2. The predicted octanol–water partition coefficient (Wildman–Crippen LogP) is 5.70. The second-order valence-corrected chi connectivity index (χ2v) is 7.49. The Kier molecular flexibility index (Phi) is 5.17. The van der Waals surface area contributed by atoms with Gasteiger partial charge in [-0.15, -0.1) is 11.8 Å². The van der Waals surface area contributed by atoms with Crippen LogP contribution in [0.3, 0.4) is 0 Å². The van der Waals surface area contributed by atoms with Gasteiger partial charge < -0.3 is 9.73 Å². The van der Waals surface area contributed by atoms with Gasteiger partial charge >= 0.3 is 0 Å². The molecule has 0 unspecified atom stereocenters. The number of nitrogens with zero attached hydrogens (tertiary/aromatic N) is 1. The number of pyridine rings is 1. The summed E-state index contributed by atoms with van der Waals surface area (Å²) in [6.07, 6.45) is 4.46. The van der Waals surface area contributed by atoms with Crippen molar-refractivity contribution in [2.24, 2.45) is 0 Å². The van der Waals surface area contributed by atoms with Crippen molar-refractivity contribution in [1.29, 1.82) is 0 Å². The highest BCUT2D eigenvalue weighted by Crippen LogP contribution is 2.27. The lowest BCUT2D eigenvalue weighted by molar-refractivity contribution is 0.102. The van der Waals surface area contributed by atoms with Crippen molar-refractivity contribution in [3.8, 4) is 0 Å². The molecule has 2 aromatic carbocycles. The number of carbonyl (C=O) groups is 1. The van der Waals surface area contributed by atoms with Gasteiger partial charge in [-0.2, -0.15) is 0 Å². The number of rotatable bonds is 5. The zero-order valence-electron chi connectivity index (χ0n) is 15.7. The summed E-state index contributed by atoms with van der Waals surface area (Å²) in [5, 5.41) is 3.79. The molecule has 0 aliphatic rings. The second kappa shape index (κ2) is 7.90. The van der Waals surface area contributed by atoms with E-state index in [9.17, 15) is 4.79 Å². The Labute approximate surface area is 168 Å². The van der Waals surface area contributed by atoms with E-state index >= 15 is 0 Å². The molecule has 2 aromatic heterocycles. The molecular formula is C23H20N2O2S. The second-order valence-electron chi connectivity index (χ2n) is 6.61. The largest absolute Gasteiger partial charge is 0.461 e. The molecule has 0 bridgehead atoms.